The van der Waals surface area contributed by atoms with Crippen molar-refractivity contribution in [2.45, 2.75) is 40.2 Å². The maximum Gasteiger partial charge on any atom is 0.0645 e. The molecule has 2 rings (SSSR count). The summed E-state index contributed by atoms with van der Waals surface area (Å²) in [4.78, 5) is 7.32. The third-order valence-corrected chi connectivity index (χ3v) is 3.85. The van der Waals surface area contributed by atoms with E-state index < -0.39 is 0 Å². The van der Waals surface area contributed by atoms with Gasteiger partial charge in [-0.25, -0.2) is 0 Å². The predicted octanol–water partition coefficient (Wildman–Crippen LogP) is 2.48. The van der Waals surface area contributed by atoms with Crippen LogP contribution in [0.3, 0.4) is 0 Å². The summed E-state index contributed by atoms with van der Waals surface area (Å²) in [5.74, 6) is 0.549. The Balaban J connectivity index is 2.02. The number of nitrogens with zero attached hydrogens (tertiary/aromatic N) is 2. The SMILES string of the molecule is CC(=NC1=C(C)CN(C2COC2)CC1)C(C)C. The van der Waals surface area contributed by atoms with E-state index in [4.69, 9.17) is 9.73 Å². The van der Waals surface area contributed by atoms with Gasteiger partial charge >= 0.3 is 0 Å². The number of ether oxygens (including phenoxy) is 1. The van der Waals surface area contributed by atoms with Crippen LogP contribution in [0, 0.1) is 5.92 Å². The summed E-state index contributed by atoms with van der Waals surface area (Å²) in [6, 6.07) is 0.654. The van der Waals surface area contributed by atoms with Gasteiger partial charge in [-0.2, -0.15) is 0 Å². The molecule has 0 saturated carbocycles. The fraction of sp³-hybridized carbons (Fsp3) is 0.786. The van der Waals surface area contributed by atoms with Crippen LogP contribution in [-0.4, -0.2) is 43.0 Å². The highest BCUT2D eigenvalue weighted by Gasteiger charge is 2.28. The van der Waals surface area contributed by atoms with E-state index in [-0.39, 0.29) is 0 Å². The van der Waals surface area contributed by atoms with E-state index in [0.717, 1.165) is 32.7 Å². The summed E-state index contributed by atoms with van der Waals surface area (Å²) in [6.45, 7) is 12.8. The Bertz CT molecular complexity index is 340. The minimum Gasteiger partial charge on any atom is -0.378 e. The number of hydrogen-bond acceptors (Lipinski definition) is 3. The first-order valence-corrected chi connectivity index (χ1v) is 6.63. The summed E-state index contributed by atoms with van der Waals surface area (Å²) >= 11 is 0. The van der Waals surface area contributed by atoms with Crippen LogP contribution in [0.1, 0.15) is 34.1 Å². The van der Waals surface area contributed by atoms with Gasteiger partial charge < -0.3 is 4.74 Å². The topological polar surface area (TPSA) is 24.8 Å². The Hall–Kier alpha value is -0.670. The zero-order chi connectivity index (χ0) is 12.4. The highest BCUT2D eigenvalue weighted by atomic mass is 16.5. The van der Waals surface area contributed by atoms with Crippen molar-refractivity contribution in [2.24, 2.45) is 10.9 Å². The van der Waals surface area contributed by atoms with Crippen molar-refractivity contribution < 1.29 is 4.74 Å². The normalized spacial score (nSPS) is 24.4. The van der Waals surface area contributed by atoms with Crippen molar-refractivity contribution in [3.05, 3.63) is 11.3 Å². The van der Waals surface area contributed by atoms with Crippen molar-refractivity contribution in [1.29, 1.82) is 0 Å². The summed E-state index contributed by atoms with van der Waals surface area (Å²) < 4.78 is 5.26. The van der Waals surface area contributed by atoms with Crippen molar-refractivity contribution >= 4 is 5.71 Å². The third kappa shape index (κ3) is 2.96. The Morgan fingerprint density at radius 2 is 2.12 bits per heavy atom. The van der Waals surface area contributed by atoms with E-state index in [2.05, 4.69) is 32.6 Å². The second-order valence-corrected chi connectivity index (χ2v) is 5.55. The van der Waals surface area contributed by atoms with Crippen LogP contribution < -0.4 is 0 Å². The van der Waals surface area contributed by atoms with E-state index in [1.807, 2.05) is 0 Å². The Labute approximate surface area is 105 Å². The lowest BCUT2D eigenvalue weighted by Gasteiger charge is -2.39. The molecule has 3 heteroatoms. The highest BCUT2D eigenvalue weighted by Crippen LogP contribution is 2.23. The Morgan fingerprint density at radius 3 is 2.59 bits per heavy atom. The molecule has 2 aliphatic heterocycles. The predicted molar refractivity (Wildman–Crippen MR) is 71.4 cm³/mol. The lowest BCUT2D eigenvalue weighted by molar-refractivity contribution is -0.0630. The van der Waals surface area contributed by atoms with Crippen LogP contribution in [0.25, 0.3) is 0 Å². The molecule has 0 aromatic rings. The van der Waals surface area contributed by atoms with Crippen LogP contribution in [0.2, 0.25) is 0 Å². The summed E-state index contributed by atoms with van der Waals surface area (Å²) in [6.07, 6.45) is 1.09. The van der Waals surface area contributed by atoms with Gasteiger partial charge in [0.1, 0.15) is 0 Å². The molecule has 2 heterocycles. The van der Waals surface area contributed by atoms with Crippen LogP contribution in [-0.2, 0) is 4.74 Å². The molecule has 0 N–H and O–H groups in total. The van der Waals surface area contributed by atoms with Crippen molar-refractivity contribution in [3.8, 4) is 0 Å². The number of aliphatic imine (C=N–C) groups is 1. The third-order valence-electron chi connectivity index (χ3n) is 3.85. The molecule has 1 saturated heterocycles. The van der Waals surface area contributed by atoms with Gasteiger partial charge in [0.05, 0.1) is 19.3 Å². The molecule has 0 atom stereocenters. The molecule has 0 radical (unpaired) electrons. The molecule has 0 amide bonds. The molecule has 0 spiro atoms. The van der Waals surface area contributed by atoms with Gasteiger partial charge in [0, 0.05) is 30.9 Å². The zero-order valence-corrected chi connectivity index (χ0v) is 11.5. The monoisotopic (exact) mass is 236 g/mol. The average molecular weight is 236 g/mol. The number of hydrogen-bond donors (Lipinski definition) is 0. The second kappa shape index (κ2) is 5.32. The first kappa shape index (κ1) is 12.8. The van der Waals surface area contributed by atoms with Crippen molar-refractivity contribution in [1.82, 2.24) is 4.90 Å². The molecule has 3 nitrogen and oxygen atoms in total. The van der Waals surface area contributed by atoms with Gasteiger partial charge in [-0.15, -0.1) is 0 Å². The lowest BCUT2D eigenvalue weighted by atomic mass is 10.0. The zero-order valence-electron chi connectivity index (χ0n) is 11.5. The molecule has 0 unspecified atom stereocenters. The van der Waals surface area contributed by atoms with Crippen LogP contribution in [0.5, 0.6) is 0 Å². The Morgan fingerprint density at radius 1 is 1.41 bits per heavy atom. The molecule has 96 valence electrons. The Kier molecular flexibility index (Phi) is 4.00. The van der Waals surface area contributed by atoms with Gasteiger partial charge in [0.15, 0.2) is 0 Å². The van der Waals surface area contributed by atoms with E-state index >= 15 is 0 Å². The fourth-order valence-electron chi connectivity index (χ4n) is 2.18. The lowest BCUT2D eigenvalue weighted by Crippen LogP contribution is -2.51. The van der Waals surface area contributed by atoms with E-state index in [9.17, 15) is 0 Å². The van der Waals surface area contributed by atoms with Gasteiger partial charge in [-0.1, -0.05) is 13.8 Å². The minimum atomic E-state index is 0.549. The van der Waals surface area contributed by atoms with E-state index in [0.29, 0.717) is 12.0 Å². The standard InChI is InChI=1S/C14H24N2O/c1-10(2)12(4)15-14-5-6-16(7-11(14)3)13-8-17-9-13/h10,13H,5-9H2,1-4H3. The first-order valence-electron chi connectivity index (χ1n) is 6.63. The summed E-state index contributed by atoms with van der Waals surface area (Å²) in [7, 11) is 0. The molecular weight excluding hydrogens is 212 g/mol. The molecule has 1 fully saturated rings. The quantitative estimate of drug-likeness (QED) is 0.703. The molecule has 0 aromatic heterocycles. The largest absolute Gasteiger partial charge is 0.378 e. The van der Waals surface area contributed by atoms with Crippen molar-refractivity contribution in [3.63, 3.8) is 0 Å². The highest BCUT2D eigenvalue weighted by molar-refractivity contribution is 5.84. The van der Waals surface area contributed by atoms with Gasteiger partial charge in [0.2, 0.25) is 0 Å². The molecule has 2 aliphatic rings. The summed E-state index contributed by atoms with van der Waals surface area (Å²) in [5.41, 5.74) is 4.00. The average Bonchev–Trinajstić information content (AvgIpc) is 2.19. The molecular formula is C14H24N2O. The van der Waals surface area contributed by atoms with E-state index in [1.165, 1.54) is 17.0 Å². The summed E-state index contributed by atoms with van der Waals surface area (Å²) in [5, 5.41) is 0. The van der Waals surface area contributed by atoms with Gasteiger partial charge in [-0.3, -0.25) is 9.89 Å². The smallest absolute Gasteiger partial charge is 0.0645 e. The first-order chi connectivity index (χ1) is 8.08. The fourth-order valence-corrected chi connectivity index (χ4v) is 2.18. The van der Waals surface area contributed by atoms with Crippen LogP contribution in [0.4, 0.5) is 0 Å². The van der Waals surface area contributed by atoms with Crippen LogP contribution >= 0.6 is 0 Å². The minimum absolute atomic E-state index is 0.549. The molecule has 0 bridgehead atoms. The van der Waals surface area contributed by atoms with Gasteiger partial charge in [-0.05, 0) is 25.3 Å². The second-order valence-electron chi connectivity index (χ2n) is 5.55. The molecule has 0 aliphatic carbocycles. The molecule has 0 aromatic carbocycles. The van der Waals surface area contributed by atoms with E-state index in [1.54, 1.807) is 0 Å². The maximum absolute atomic E-state index is 5.26. The van der Waals surface area contributed by atoms with Crippen molar-refractivity contribution in [2.75, 3.05) is 26.3 Å². The van der Waals surface area contributed by atoms with Gasteiger partial charge in [0.25, 0.3) is 0 Å². The number of rotatable bonds is 3. The molecule has 17 heavy (non-hydrogen) atoms. The van der Waals surface area contributed by atoms with Crippen LogP contribution in [0.15, 0.2) is 16.3 Å². The maximum atomic E-state index is 5.26.